The Hall–Kier alpha value is -2.12. The lowest BCUT2D eigenvalue weighted by Gasteiger charge is -2.25. The minimum atomic E-state index is -1.35. The molecule has 0 radical (unpaired) electrons. The van der Waals surface area contributed by atoms with Gasteiger partial charge in [0, 0.05) is 12.2 Å². The molecule has 1 unspecified atom stereocenters. The third kappa shape index (κ3) is 6.43. The summed E-state index contributed by atoms with van der Waals surface area (Å²) in [4.78, 5) is 8.60. The molecule has 0 spiro atoms. The van der Waals surface area contributed by atoms with Crippen molar-refractivity contribution in [3.05, 3.63) is 41.2 Å². The van der Waals surface area contributed by atoms with Crippen molar-refractivity contribution in [2.75, 3.05) is 5.32 Å². The Kier molecular flexibility index (Phi) is 10.3. The van der Waals surface area contributed by atoms with Crippen molar-refractivity contribution in [2.45, 2.75) is 85.7 Å². The van der Waals surface area contributed by atoms with Crippen LogP contribution in [0.3, 0.4) is 0 Å². The van der Waals surface area contributed by atoms with Crippen LogP contribution in [0.1, 0.15) is 77.5 Å². The molecule has 0 aliphatic heterocycles. The maximum atomic E-state index is 15.2. The number of halogens is 2. The topological polar surface area (TPSA) is 67.9 Å². The Balaban J connectivity index is 0.000000807. The van der Waals surface area contributed by atoms with Gasteiger partial charge >= 0.3 is 0 Å². The number of hydrogen-bond donors (Lipinski definition) is 2. The zero-order valence-corrected chi connectivity index (χ0v) is 20.0. The first-order valence-corrected chi connectivity index (χ1v) is 11.7. The van der Waals surface area contributed by atoms with Crippen molar-refractivity contribution in [2.24, 2.45) is 0 Å². The predicted molar refractivity (Wildman–Crippen MR) is 126 cm³/mol. The van der Waals surface area contributed by atoms with Gasteiger partial charge < -0.3 is 9.73 Å². The lowest BCUT2D eigenvalue weighted by Crippen LogP contribution is -2.35. The summed E-state index contributed by atoms with van der Waals surface area (Å²) in [7, 11) is 0. The van der Waals surface area contributed by atoms with Crippen LogP contribution in [0.25, 0.3) is 11.0 Å². The summed E-state index contributed by atoms with van der Waals surface area (Å²) in [6.07, 6.45) is 7.54. The van der Waals surface area contributed by atoms with Crippen LogP contribution in [0.2, 0.25) is 5.28 Å². The molecule has 1 aliphatic rings. The molecule has 3 aromatic heterocycles. The number of nitrogens with one attached hydrogen (secondary N) is 2. The van der Waals surface area contributed by atoms with E-state index in [0.717, 1.165) is 37.0 Å². The summed E-state index contributed by atoms with van der Waals surface area (Å²) in [6.45, 7) is 10.3. The largest absolute Gasteiger partial charge is 0.467 e. The number of furan rings is 1. The van der Waals surface area contributed by atoms with Gasteiger partial charge in [0.2, 0.25) is 11.7 Å². The Labute approximate surface area is 189 Å². The summed E-state index contributed by atoms with van der Waals surface area (Å²) < 4.78 is 22.1. The average molecular weight is 452 g/mol. The molecule has 172 valence electrons. The van der Waals surface area contributed by atoms with Crippen LogP contribution in [0.15, 0.2) is 29.0 Å². The number of alkyl halides is 1. The van der Waals surface area contributed by atoms with E-state index in [0.29, 0.717) is 23.4 Å². The SMILES string of the molecule is CC.CC.Cc1cn(C(F)NC2CCCCC2)c2c(NCc3ccco3)nc(Cl)nc12. The molecule has 1 aliphatic carbocycles. The fraction of sp³-hybridized carbons (Fsp3) is 0.565. The van der Waals surface area contributed by atoms with Crippen LogP contribution in [-0.4, -0.2) is 20.6 Å². The molecule has 2 N–H and O–H groups in total. The third-order valence-corrected chi connectivity index (χ3v) is 5.22. The molecule has 0 saturated heterocycles. The van der Waals surface area contributed by atoms with Gasteiger partial charge in [-0.1, -0.05) is 47.0 Å². The molecule has 1 atom stereocenters. The van der Waals surface area contributed by atoms with Gasteiger partial charge in [-0.3, -0.25) is 9.88 Å². The summed E-state index contributed by atoms with van der Waals surface area (Å²) in [5.41, 5.74) is 2.09. The fourth-order valence-corrected chi connectivity index (χ4v) is 3.88. The van der Waals surface area contributed by atoms with Crippen molar-refractivity contribution in [3.63, 3.8) is 0 Å². The lowest BCUT2D eigenvalue weighted by molar-refractivity contribution is 0.156. The van der Waals surface area contributed by atoms with Gasteiger partial charge in [0.05, 0.1) is 18.3 Å². The van der Waals surface area contributed by atoms with Crippen molar-refractivity contribution < 1.29 is 8.81 Å². The van der Waals surface area contributed by atoms with E-state index in [1.54, 1.807) is 17.0 Å². The molecule has 0 aromatic carbocycles. The summed E-state index contributed by atoms with van der Waals surface area (Å²) in [5, 5.41) is 6.44. The highest BCUT2D eigenvalue weighted by Gasteiger charge is 2.23. The van der Waals surface area contributed by atoms with E-state index < -0.39 is 6.42 Å². The van der Waals surface area contributed by atoms with Crippen LogP contribution in [0.4, 0.5) is 10.2 Å². The number of hydrogen-bond acceptors (Lipinski definition) is 5. The Morgan fingerprint density at radius 3 is 2.55 bits per heavy atom. The van der Waals surface area contributed by atoms with E-state index in [9.17, 15) is 0 Å². The monoisotopic (exact) mass is 451 g/mol. The van der Waals surface area contributed by atoms with Crippen LogP contribution >= 0.6 is 11.6 Å². The first-order valence-electron chi connectivity index (χ1n) is 11.3. The van der Waals surface area contributed by atoms with E-state index in [4.69, 9.17) is 16.0 Å². The molecule has 1 fully saturated rings. The van der Waals surface area contributed by atoms with Crippen LogP contribution in [0.5, 0.6) is 0 Å². The van der Waals surface area contributed by atoms with Crippen molar-refractivity contribution in [3.8, 4) is 0 Å². The van der Waals surface area contributed by atoms with Crippen LogP contribution < -0.4 is 10.6 Å². The second-order valence-electron chi connectivity index (χ2n) is 7.03. The van der Waals surface area contributed by atoms with Gasteiger partial charge in [0.1, 0.15) is 11.3 Å². The molecule has 0 amide bonds. The molecule has 3 aromatic rings. The maximum absolute atomic E-state index is 15.2. The minimum absolute atomic E-state index is 0.126. The van der Waals surface area contributed by atoms with E-state index in [2.05, 4.69) is 20.6 Å². The highest BCUT2D eigenvalue weighted by Crippen LogP contribution is 2.30. The Morgan fingerprint density at radius 1 is 1.19 bits per heavy atom. The number of aryl methyl sites for hydroxylation is 1. The highest BCUT2D eigenvalue weighted by atomic mass is 35.5. The highest BCUT2D eigenvalue weighted by molar-refractivity contribution is 6.28. The standard InChI is InChI=1S/C19H23ClFN5O.2C2H6/c1-12-11-26(19(21)23-13-6-3-2-4-7-13)16-15(12)24-18(20)25-17(16)22-10-14-8-5-9-27-14;2*1-2/h5,8-9,11,13,19,23H,2-4,6-7,10H2,1H3,(H,22,24,25);2*1-2H3. The summed E-state index contributed by atoms with van der Waals surface area (Å²) in [6, 6.07) is 3.87. The van der Waals surface area contributed by atoms with E-state index in [-0.39, 0.29) is 11.3 Å². The maximum Gasteiger partial charge on any atom is 0.231 e. The van der Waals surface area contributed by atoms with Gasteiger partial charge in [-0.15, -0.1) is 0 Å². The molecule has 0 bridgehead atoms. The molecule has 3 heterocycles. The lowest BCUT2D eigenvalue weighted by atomic mass is 9.96. The Morgan fingerprint density at radius 2 is 1.90 bits per heavy atom. The quantitative estimate of drug-likeness (QED) is 0.312. The fourth-order valence-electron chi connectivity index (χ4n) is 3.71. The normalized spacial score (nSPS) is 14.9. The van der Waals surface area contributed by atoms with Gasteiger partial charge in [-0.2, -0.15) is 4.98 Å². The molecule has 8 heteroatoms. The molecular weight excluding hydrogens is 417 g/mol. The molecule has 31 heavy (non-hydrogen) atoms. The zero-order valence-electron chi connectivity index (χ0n) is 19.2. The number of fused-ring (bicyclic) bond motifs is 1. The second-order valence-corrected chi connectivity index (χ2v) is 7.37. The molecule has 4 rings (SSSR count). The smallest absolute Gasteiger partial charge is 0.231 e. The number of rotatable bonds is 6. The van der Waals surface area contributed by atoms with Gasteiger partial charge in [-0.05, 0) is 49.1 Å². The summed E-state index contributed by atoms with van der Waals surface area (Å²) >= 11 is 6.10. The zero-order chi connectivity index (χ0) is 22.8. The molecular formula is C23H35ClFN5O. The van der Waals surface area contributed by atoms with E-state index in [1.807, 2.05) is 46.8 Å². The summed E-state index contributed by atoms with van der Waals surface area (Å²) in [5.74, 6) is 1.24. The van der Waals surface area contributed by atoms with Gasteiger partial charge in [-0.25, -0.2) is 9.37 Å². The number of nitrogens with zero attached hydrogens (tertiary/aromatic N) is 3. The number of aromatic nitrogens is 3. The van der Waals surface area contributed by atoms with E-state index in [1.165, 1.54) is 6.42 Å². The van der Waals surface area contributed by atoms with Crippen LogP contribution in [-0.2, 0) is 6.54 Å². The predicted octanol–water partition coefficient (Wildman–Crippen LogP) is 7.00. The molecule has 1 saturated carbocycles. The van der Waals surface area contributed by atoms with E-state index >= 15 is 4.39 Å². The van der Waals surface area contributed by atoms with Crippen molar-refractivity contribution >= 4 is 28.5 Å². The molecule has 6 nitrogen and oxygen atoms in total. The Bertz CT molecular complexity index is 906. The average Bonchev–Trinajstić information content (AvgIpc) is 3.44. The minimum Gasteiger partial charge on any atom is -0.467 e. The van der Waals surface area contributed by atoms with Gasteiger partial charge in [0.25, 0.3) is 0 Å². The van der Waals surface area contributed by atoms with Crippen LogP contribution in [0, 0.1) is 6.92 Å². The van der Waals surface area contributed by atoms with Crippen molar-refractivity contribution in [1.82, 2.24) is 19.9 Å². The van der Waals surface area contributed by atoms with Gasteiger partial charge in [0.15, 0.2) is 5.82 Å². The van der Waals surface area contributed by atoms with Crippen molar-refractivity contribution in [1.29, 1.82) is 0 Å². The second kappa shape index (κ2) is 12.7. The third-order valence-electron chi connectivity index (χ3n) is 5.05. The number of anilines is 1. The first kappa shape index (κ1) is 25.1. The first-order chi connectivity index (χ1) is 15.1.